The minimum absolute atomic E-state index is 0.803. The van der Waals surface area contributed by atoms with E-state index in [4.69, 9.17) is 0 Å². The summed E-state index contributed by atoms with van der Waals surface area (Å²) < 4.78 is 0. The van der Waals surface area contributed by atoms with E-state index in [-0.39, 0.29) is 0 Å². The Bertz CT molecular complexity index is 502. The maximum absolute atomic E-state index is 4.35. The average molecular weight is 203 g/mol. The Hall–Kier alpha value is -1.44. The molecule has 0 radical (unpaired) electrons. The molecule has 2 rings (SSSR count). The van der Waals surface area contributed by atoms with Gasteiger partial charge in [0, 0.05) is 18.0 Å². The Labute approximate surface area is 99.5 Å². The van der Waals surface area contributed by atoms with Crippen molar-refractivity contribution in [3.05, 3.63) is 24.5 Å². The summed E-state index contributed by atoms with van der Waals surface area (Å²) in [5.74, 6) is 0.803. The van der Waals surface area contributed by atoms with Gasteiger partial charge in [-0.05, 0) is 0 Å². The summed E-state index contributed by atoms with van der Waals surface area (Å²) in [6.07, 6.45) is 3.71. The first kappa shape index (κ1) is 11.1. The van der Waals surface area contributed by atoms with Crippen LogP contribution < -0.4 is 21.9 Å². The molecule has 0 spiro atoms. The van der Waals surface area contributed by atoms with Crippen LogP contribution in [-0.2, 0) is 0 Å². The third kappa shape index (κ3) is 2.06. The summed E-state index contributed by atoms with van der Waals surface area (Å²) in [6.45, 7) is 0. The van der Waals surface area contributed by atoms with Crippen LogP contribution in [-0.4, -0.2) is 41.4 Å². The van der Waals surface area contributed by atoms with Crippen molar-refractivity contribution in [3.63, 3.8) is 0 Å². The highest BCUT2D eigenvalue weighted by Crippen LogP contribution is 2.08. The van der Waals surface area contributed by atoms with Crippen LogP contribution >= 0.6 is 0 Å². The lowest BCUT2D eigenvalue weighted by Gasteiger charge is -2.08. The summed E-state index contributed by atoms with van der Waals surface area (Å²) in [4.78, 5) is 8.70. The van der Waals surface area contributed by atoms with E-state index in [1.54, 1.807) is 0 Å². The molecule has 0 atom stereocenters. The molecule has 6 heteroatoms. The second-order valence-corrected chi connectivity index (χ2v) is 4.32. The molecule has 0 N–H and O–H groups in total. The van der Waals surface area contributed by atoms with Gasteiger partial charge in [0.1, 0.15) is 31.4 Å². The highest BCUT2D eigenvalue weighted by Gasteiger charge is 2.04. The van der Waals surface area contributed by atoms with Crippen LogP contribution in [0.3, 0.4) is 0 Å². The van der Waals surface area contributed by atoms with Crippen LogP contribution in [0.2, 0.25) is 0 Å². The highest BCUT2D eigenvalue weighted by atomic mass is 14.9. The maximum atomic E-state index is 4.35. The molecule has 0 aliphatic carbocycles. The van der Waals surface area contributed by atoms with Crippen molar-refractivity contribution in [1.29, 1.82) is 0 Å². The van der Waals surface area contributed by atoms with Gasteiger partial charge in [0.25, 0.3) is 0 Å². The van der Waals surface area contributed by atoms with Crippen molar-refractivity contribution in [2.24, 2.45) is 0 Å². The molecule has 0 amide bonds. The average Bonchev–Trinajstić information content (AvgIpc) is 2.26. The summed E-state index contributed by atoms with van der Waals surface area (Å²) >= 11 is 0. The van der Waals surface area contributed by atoms with E-state index < -0.39 is 0 Å². The van der Waals surface area contributed by atoms with E-state index in [0.29, 0.717) is 0 Å². The van der Waals surface area contributed by atoms with Gasteiger partial charge in [-0.15, -0.1) is 5.46 Å². The Morgan fingerprint density at radius 3 is 1.81 bits per heavy atom. The van der Waals surface area contributed by atoms with Gasteiger partial charge in [-0.25, -0.2) is 9.97 Å². The minimum atomic E-state index is 0.803. The Balaban J connectivity index is 2.52. The van der Waals surface area contributed by atoms with Gasteiger partial charge in [0.2, 0.25) is 0 Å². The van der Waals surface area contributed by atoms with Crippen LogP contribution in [0.15, 0.2) is 24.5 Å². The number of rotatable bonds is 1. The molecule has 16 heavy (non-hydrogen) atoms. The molecule has 0 aliphatic heterocycles. The Morgan fingerprint density at radius 1 is 0.812 bits per heavy atom. The number of nitrogens with zero attached hydrogens (tertiary/aromatic N) is 2. The van der Waals surface area contributed by atoms with E-state index in [0.717, 1.165) is 16.9 Å². The fourth-order valence-corrected chi connectivity index (χ4v) is 1.71. The highest BCUT2D eigenvalue weighted by molar-refractivity contribution is 6.57. The molecule has 1 aromatic carbocycles. The minimum Gasteiger partial charge on any atom is -0.237 e. The molecule has 0 aliphatic rings. The molecule has 0 unspecified atom stereocenters. The molecule has 1 heterocycles. The SMILES string of the molecule is Bc1cnc(-c2cc(B)c(B)c(B)c2)nc1. The zero-order valence-corrected chi connectivity index (χ0v) is 10.2. The van der Waals surface area contributed by atoms with Gasteiger partial charge < -0.3 is 0 Å². The topological polar surface area (TPSA) is 25.8 Å². The molecule has 0 fully saturated rings. The van der Waals surface area contributed by atoms with E-state index in [9.17, 15) is 0 Å². The fraction of sp³-hybridized carbons (Fsp3) is 0. The van der Waals surface area contributed by atoms with Crippen LogP contribution in [0.1, 0.15) is 0 Å². The number of hydrogen-bond donors (Lipinski definition) is 0. The number of benzene rings is 1. The van der Waals surface area contributed by atoms with Crippen molar-refractivity contribution in [2.45, 2.75) is 0 Å². The summed E-state index contributed by atoms with van der Waals surface area (Å²) in [5, 5.41) is 0. The van der Waals surface area contributed by atoms with Crippen LogP contribution in [0.25, 0.3) is 11.4 Å². The first-order chi connectivity index (χ1) is 7.58. The predicted molar refractivity (Wildman–Crippen MR) is 80.2 cm³/mol. The second kappa shape index (κ2) is 4.20. The third-order valence-electron chi connectivity index (χ3n) is 2.97. The van der Waals surface area contributed by atoms with Gasteiger partial charge in [0.15, 0.2) is 5.82 Å². The summed E-state index contributed by atoms with van der Waals surface area (Å²) in [5.41, 5.74) is 6.11. The van der Waals surface area contributed by atoms with Gasteiger partial charge in [-0.3, -0.25) is 0 Å². The van der Waals surface area contributed by atoms with Crippen LogP contribution in [0, 0.1) is 0 Å². The zero-order valence-electron chi connectivity index (χ0n) is 10.2. The van der Waals surface area contributed by atoms with E-state index in [2.05, 4.69) is 45.6 Å². The molecule has 74 valence electrons. The number of aromatic nitrogens is 2. The molecule has 0 saturated heterocycles. The molecule has 2 aromatic rings. The second-order valence-electron chi connectivity index (χ2n) is 4.32. The fourth-order valence-electron chi connectivity index (χ4n) is 1.71. The Morgan fingerprint density at radius 2 is 1.31 bits per heavy atom. The van der Waals surface area contributed by atoms with Gasteiger partial charge in [0.05, 0.1) is 0 Å². The van der Waals surface area contributed by atoms with Gasteiger partial charge >= 0.3 is 0 Å². The van der Waals surface area contributed by atoms with E-state index in [1.165, 1.54) is 16.4 Å². The molecule has 0 saturated carbocycles. The molecular weight excluding hydrogens is 191 g/mol. The lowest BCUT2D eigenvalue weighted by molar-refractivity contribution is 1.19. The lowest BCUT2D eigenvalue weighted by Crippen LogP contribution is -2.38. The molecule has 1 aromatic heterocycles. The van der Waals surface area contributed by atoms with Crippen molar-refractivity contribution in [3.8, 4) is 11.4 Å². The standard InChI is InChI=1S/C10H12B4N2/c11-6-3-15-10(16-4-6)5-1-7(12)9(14)8(13)2-5/h1-4H,11-14H2. The normalized spacial score (nSPS) is 10.2. The van der Waals surface area contributed by atoms with Crippen molar-refractivity contribution >= 4 is 53.2 Å². The Kier molecular flexibility index (Phi) is 2.90. The van der Waals surface area contributed by atoms with E-state index in [1.807, 2.05) is 20.2 Å². The smallest absolute Gasteiger partial charge is 0.158 e. The summed E-state index contributed by atoms with van der Waals surface area (Å²) in [6, 6.07) is 4.29. The van der Waals surface area contributed by atoms with Crippen molar-refractivity contribution < 1.29 is 0 Å². The maximum Gasteiger partial charge on any atom is 0.158 e. The molecule has 2 nitrogen and oxygen atoms in total. The van der Waals surface area contributed by atoms with Gasteiger partial charge in [-0.2, -0.15) is 0 Å². The number of hydrogen-bond acceptors (Lipinski definition) is 2. The first-order valence-electron chi connectivity index (χ1n) is 5.45. The first-order valence-corrected chi connectivity index (χ1v) is 5.45. The zero-order chi connectivity index (χ0) is 11.7. The predicted octanol–water partition coefficient (Wildman–Crippen LogP) is -4.82. The van der Waals surface area contributed by atoms with Gasteiger partial charge in [-0.1, -0.05) is 28.5 Å². The third-order valence-corrected chi connectivity index (χ3v) is 2.97. The quantitative estimate of drug-likeness (QED) is 0.435. The largest absolute Gasteiger partial charge is 0.237 e. The molecular formula is C10H12B4N2. The monoisotopic (exact) mass is 204 g/mol. The van der Waals surface area contributed by atoms with E-state index >= 15 is 0 Å². The lowest BCUT2D eigenvalue weighted by atomic mass is 9.71. The van der Waals surface area contributed by atoms with Crippen LogP contribution in [0.5, 0.6) is 0 Å². The summed E-state index contributed by atoms with van der Waals surface area (Å²) in [7, 11) is 8.39. The molecule has 0 bridgehead atoms. The van der Waals surface area contributed by atoms with Crippen LogP contribution in [0.4, 0.5) is 0 Å². The van der Waals surface area contributed by atoms with Crippen molar-refractivity contribution in [1.82, 2.24) is 9.97 Å². The van der Waals surface area contributed by atoms with Crippen molar-refractivity contribution in [2.75, 3.05) is 0 Å².